The Hall–Kier alpha value is -2.08. The van der Waals surface area contributed by atoms with Gasteiger partial charge in [0.1, 0.15) is 5.82 Å². The largest absolute Gasteiger partial charge is 0.342 e. The van der Waals surface area contributed by atoms with E-state index in [4.69, 9.17) is 0 Å². The molecule has 1 aliphatic rings. The standard InChI is InChI=1S/C18H21N3O2S/c1-2-21(12-13-6-5-11-24-13)17(22)10-9-16-19-15-8-4-3-7-14(15)18(23)20-16/h3-5,7-8,11,13H,2,6,9-10,12H2,1H3,(H,19,20,23). The third-order valence-electron chi connectivity index (χ3n) is 4.16. The number of aromatic amines is 1. The molecule has 6 heteroatoms. The zero-order valence-corrected chi connectivity index (χ0v) is 14.5. The van der Waals surface area contributed by atoms with Gasteiger partial charge in [-0.1, -0.05) is 18.2 Å². The van der Waals surface area contributed by atoms with Crippen LogP contribution in [0.15, 0.2) is 40.5 Å². The molecule has 5 nitrogen and oxygen atoms in total. The van der Waals surface area contributed by atoms with Gasteiger partial charge in [-0.3, -0.25) is 9.59 Å². The molecular weight excluding hydrogens is 322 g/mol. The van der Waals surface area contributed by atoms with Crippen molar-refractivity contribution in [2.24, 2.45) is 0 Å². The maximum absolute atomic E-state index is 12.5. The Labute approximate surface area is 145 Å². The normalized spacial score (nSPS) is 16.6. The van der Waals surface area contributed by atoms with Crippen LogP contribution >= 0.6 is 11.8 Å². The average molecular weight is 343 g/mol. The number of carbonyl (C=O) groups is 1. The summed E-state index contributed by atoms with van der Waals surface area (Å²) >= 11 is 1.79. The zero-order valence-electron chi connectivity index (χ0n) is 13.7. The molecule has 3 rings (SSSR count). The summed E-state index contributed by atoms with van der Waals surface area (Å²) in [6.45, 7) is 3.48. The fraction of sp³-hybridized carbons (Fsp3) is 0.389. The predicted octanol–water partition coefficient (Wildman–Crippen LogP) is 2.72. The lowest BCUT2D eigenvalue weighted by molar-refractivity contribution is -0.131. The highest BCUT2D eigenvalue weighted by Gasteiger charge is 2.19. The van der Waals surface area contributed by atoms with Crippen molar-refractivity contribution in [3.8, 4) is 0 Å². The molecular formula is C18H21N3O2S. The van der Waals surface area contributed by atoms with Gasteiger partial charge in [0.05, 0.1) is 10.9 Å². The van der Waals surface area contributed by atoms with Crippen molar-refractivity contribution in [1.29, 1.82) is 0 Å². The number of H-pyrrole nitrogens is 1. The second-order valence-corrected chi connectivity index (χ2v) is 7.04. The molecule has 0 radical (unpaired) electrons. The smallest absolute Gasteiger partial charge is 0.258 e. The van der Waals surface area contributed by atoms with Crippen molar-refractivity contribution in [3.63, 3.8) is 0 Å². The van der Waals surface area contributed by atoms with Crippen LogP contribution in [-0.4, -0.2) is 39.1 Å². The van der Waals surface area contributed by atoms with E-state index < -0.39 is 0 Å². The number of allylic oxidation sites excluding steroid dienone is 1. The summed E-state index contributed by atoms with van der Waals surface area (Å²) in [5.41, 5.74) is 0.522. The molecule has 24 heavy (non-hydrogen) atoms. The van der Waals surface area contributed by atoms with Crippen LogP contribution in [0.4, 0.5) is 0 Å². The summed E-state index contributed by atoms with van der Waals surface area (Å²) < 4.78 is 0. The molecule has 0 aliphatic carbocycles. The van der Waals surface area contributed by atoms with Gasteiger partial charge in [-0.05, 0) is 30.9 Å². The number of nitrogens with one attached hydrogen (secondary N) is 1. The number of thioether (sulfide) groups is 1. The van der Waals surface area contributed by atoms with Gasteiger partial charge in [-0.2, -0.15) is 0 Å². The molecule has 2 aromatic rings. The van der Waals surface area contributed by atoms with E-state index in [1.54, 1.807) is 17.8 Å². The second-order valence-electron chi connectivity index (χ2n) is 5.83. The summed E-state index contributed by atoms with van der Waals surface area (Å²) in [5, 5.41) is 3.15. The van der Waals surface area contributed by atoms with E-state index in [-0.39, 0.29) is 11.5 Å². The number of aromatic nitrogens is 2. The zero-order chi connectivity index (χ0) is 16.9. The maximum atomic E-state index is 12.5. The van der Waals surface area contributed by atoms with E-state index in [0.29, 0.717) is 41.4 Å². The Bertz CT molecular complexity index is 807. The summed E-state index contributed by atoms with van der Waals surface area (Å²) in [6.07, 6.45) is 3.98. The lowest BCUT2D eigenvalue weighted by atomic mass is 10.2. The Kier molecular flexibility index (Phi) is 5.35. The van der Waals surface area contributed by atoms with Gasteiger partial charge in [0.25, 0.3) is 5.56 Å². The van der Waals surface area contributed by atoms with Gasteiger partial charge < -0.3 is 9.88 Å². The van der Waals surface area contributed by atoms with Gasteiger partial charge >= 0.3 is 0 Å². The highest BCUT2D eigenvalue weighted by molar-refractivity contribution is 8.03. The van der Waals surface area contributed by atoms with Crippen molar-refractivity contribution in [1.82, 2.24) is 14.9 Å². The molecule has 0 fully saturated rings. The van der Waals surface area contributed by atoms with Crippen LogP contribution < -0.4 is 5.56 Å². The fourth-order valence-corrected chi connectivity index (χ4v) is 3.77. The number of nitrogens with zero attached hydrogens (tertiary/aromatic N) is 2. The van der Waals surface area contributed by atoms with Crippen LogP contribution in [0.25, 0.3) is 10.9 Å². The summed E-state index contributed by atoms with van der Waals surface area (Å²) in [6, 6.07) is 7.24. The molecule has 1 unspecified atom stereocenters. The Balaban J connectivity index is 1.63. The number of rotatable bonds is 6. The van der Waals surface area contributed by atoms with E-state index in [9.17, 15) is 9.59 Å². The molecule has 1 aromatic heterocycles. The molecule has 0 saturated heterocycles. The van der Waals surface area contributed by atoms with Gasteiger partial charge in [-0.25, -0.2) is 4.98 Å². The molecule has 1 aromatic carbocycles. The minimum absolute atomic E-state index is 0.112. The van der Waals surface area contributed by atoms with Crippen LogP contribution in [0, 0.1) is 0 Å². The molecule has 0 spiro atoms. The van der Waals surface area contributed by atoms with Gasteiger partial charge in [0.15, 0.2) is 0 Å². The SMILES string of the molecule is CCN(CC1CC=CS1)C(=O)CCc1nc2ccccc2c(=O)[nH]1. The van der Waals surface area contributed by atoms with Crippen LogP contribution in [0.5, 0.6) is 0 Å². The van der Waals surface area contributed by atoms with E-state index >= 15 is 0 Å². The van der Waals surface area contributed by atoms with E-state index in [1.807, 2.05) is 30.0 Å². The molecule has 0 bridgehead atoms. The number of benzene rings is 1. The lowest BCUT2D eigenvalue weighted by Gasteiger charge is -2.24. The Morgan fingerprint density at radius 3 is 3.00 bits per heavy atom. The minimum Gasteiger partial charge on any atom is -0.342 e. The number of amides is 1. The van der Waals surface area contributed by atoms with Crippen molar-refractivity contribution < 1.29 is 4.79 Å². The van der Waals surface area contributed by atoms with Crippen LogP contribution in [-0.2, 0) is 11.2 Å². The first kappa shape index (κ1) is 16.8. The van der Waals surface area contributed by atoms with Gasteiger partial charge in [0, 0.05) is 31.2 Å². The van der Waals surface area contributed by atoms with Crippen LogP contribution in [0.3, 0.4) is 0 Å². The number of para-hydroxylation sites is 1. The molecule has 0 saturated carbocycles. The number of carbonyl (C=O) groups excluding carboxylic acids is 1. The average Bonchev–Trinajstić information content (AvgIpc) is 3.11. The first-order valence-electron chi connectivity index (χ1n) is 8.23. The van der Waals surface area contributed by atoms with Gasteiger partial charge in [-0.15, -0.1) is 11.8 Å². The van der Waals surface area contributed by atoms with Crippen LogP contribution in [0.2, 0.25) is 0 Å². The highest BCUT2D eigenvalue weighted by atomic mass is 32.2. The molecule has 2 heterocycles. The Morgan fingerprint density at radius 1 is 1.42 bits per heavy atom. The maximum Gasteiger partial charge on any atom is 0.258 e. The van der Waals surface area contributed by atoms with Gasteiger partial charge in [0.2, 0.25) is 5.91 Å². The Morgan fingerprint density at radius 2 is 2.25 bits per heavy atom. The van der Waals surface area contributed by atoms with Crippen molar-refractivity contribution in [2.45, 2.75) is 31.4 Å². The first-order chi connectivity index (χ1) is 11.7. The summed E-state index contributed by atoms with van der Waals surface area (Å²) in [5.74, 6) is 0.681. The molecule has 126 valence electrons. The van der Waals surface area contributed by atoms with Crippen molar-refractivity contribution >= 4 is 28.6 Å². The highest BCUT2D eigenvalue weighted by Crippen LogP contribution is 2.24. The number of hydrogen-bond donors (Lipinski definition) is 1. The monoisotopic (exact) mass is 343 g/mol. The van der Waals surface area contributed by atoms with Crippen molar-refractivity contribution in [2.75, 3.05) is 13.1 Å². The van der Waals surface area contributed by atoms with Crippen LogP contribution in [0.1, 0.15) is 25.6 Å². The first-order valence-corrected chi connectivity index (χ1v) is 9.18. The number of fused-ring (bicyclic) bond motifs is 1. The topological polar surface area (TPSA) is 66.1 Å². The summed E-state index contributed by atoms with van der Waals surface area (Å²) in [7, 11) is 0. The summed E-state index contributed by atoms with van der Waals surface area (Å²) in [4.78, 5) is 33.7. The van der Waals surface area contributed by atoms with Crippen molar-refractivity contribution in [3.05, 3.63) is 51.9 Å². The second kappa shape index (κ2) is 7.66. The number of aryl methyl sites for hydroxylation is 1. The van der Waals surface area contributed by atoms with E-state index in [2.05, 4.69) is 21.5 Å². The van der Waals surface area contributed by atoms with E-state index in [1.165, 1.54) is 0 Å². The molecule has 1 N–H and O–H groups in total. The predicted molar refractivity (Wildman–Crippen MR) is 98.1 cm³/mol. The lowest BCUT2D eigenvalue weighted by Crippen LogP contribution is -2.36. The fourth-order valence-electron chi connectivity index (χ4n) is 2.84. The molecule has 1 aliphatic heterocycles. The third kappa shape index (κ3) is 3.87. The molecule has 1 amide bonds. The number of hydrogen-bond acceptors (Lipinski definition) is 4. The third-order valence-corrected chi connectivity index (χ3v) is 5.24. The quantitative estimate of drug-likeness (QED) is 0.876. The molecule has 1 atom stereocenters. The minimum atomic E-state index is -0.149. The van der Waals surface area contributed by atoms with E-state index in [0.717, 1.165) is 13.0 Å².